The lowest BCUT2D eigenvalue weighted by Crippen LogP contribution is -2.20. The largest absolute Gasteiger partial charge is 0.462 e. The normalized spacial score (nSPS) is 12.6. The average molecular weight is 201 g/mol. The fraction of sp³-hybridized carbons (Fsp3) is 0.625. The minimum Gasteiger partial charge on any atom is -0.462 e. The summed E-state index contributed by atoms with van der Waals surface area (Å²) in [6.07, 6.45) is -1.91. The van der Waals surface area contributed by atoms with Gasteiger partial charge in [0, 0.05) is 0 Å². The van der Waals surface area contributed by atoms with Crippen LogP contribution in [0.5, 0.6) is 0 Å². The topological polar surface area (TPSA) is 57.0 Å². The first-order valence-electron chi connectivity index (χ1n) is 4.26. The number of aromatic nitrogens is 3. The molecule has 0 spiro atoms. The predicted octanol–water partition coefficient (Wildman–Crippen LogP) is 0.926. The van der Waals surface area contributed by atoms with Crippen molar-refractivity contribution in [1.29, 1.82) is 0 Å². The highest BCUT2D eigenvalue weighted by atomic mass is 19.1. The summed E-state index contributed by atoms with van der Waals surface area (Å²) in [6, 6.07) is 0. The van der Waals surface area contributed by atoms with Crippen molar-refractivity contribution in [3.05, 3.63) is 11.6 Å². The molecule has 0 aliphatic carbocycles. The Hall–Kier alpha value is -1.46. The number of rotatable bonds is 3. The third-order valence-corrected chi connectivity index (χ3v) is 1.60. The summed E-state index contributed by atoms with van der Waals surface area (Å²) in [5.41, 5.74) is 0. The maximum Gasteiger partial charge on any atom is 0.363 e. The molecule has 1 unspecified atom stereocenters. The highest BCUT2D eigenvalue weighted by Crippen LogP contribution is 2.11. The highest BCUT2D eigenvalue weighted by molar-refractivity contribution is 5.72. The molecule has 6 heteroatoms. The van der Waals surface area contributed by atoms with E-state index in [9.17, 15) is 9.18 Å². The molecule has 0 bridgehead atoms. The van der Waals surface area contributed by atoms with Crippen molar-refractivity contribution in [2.24, 2.45) is 0 Å². The molecule has 1 atom stereocenters. The number of alkyl halides is 1. The smallest absolute Gasteiger partial charge is 0.363 e. The molecule has 0 aromatic carbocycles. The van der Waals surface area contributed by atoms with Crippen LogP contribution in [0, 0.1) is 13.8 Å². The summed E-state index contributed by atoms with van der Waals surface area (Å²) in [6.45, 7) is 4.96. The van der Waals surface area contributed by atoms with Crippen LogP contribution < -0.4 is 0 Å². The van der Waals surface area contributed by atoms with Crippen LogP contribution in [0.1, 0.15) is 24.9 Å². The summed E-state index contributed by atoms with van der Waals surface area (Å²) < 4.78 is 18.8. The van der Waals surface area contributed by atoms with Crippen LogP contribution in [0.2, 0.25) is 0 Å². The molecule has 5 nitrogen and oxygen atoms in total. The van der Waals surface area contributed by atoms with Crippen LogP contribution in [0.25, 0.3) is 0 Å². The van der Waals surface area contributed by atoms with E-state index in [1.165, 1.54) is 0 Å². The highest BCUT2D eigenvalue weighted by Gasteiger charge is 2.23. The summed E-state index contributed by atoms with van der Waals surface area (Å²) >= 11 is 0. The molecule has 0 saturated carbocycles. The number of hydrogen-bond acceptors (Lipinski definition) is 4. The minimum absolute atomic E-state index is 0.145. The zero-order valence-corrected chi connectivity index (χ0v) is 8.32. The number of hydrogen-bond donors (Lipinski definition) is 0. The molecule has 0 fully saturated rings. The molecular formula is C8H12FN3O2. The molecule has 78 valence electrons. The third-order valence-electron chi connectivity index (χ3n) is 1.60. The van der Waals surface area contributed by atoms with Gasteiger partial charge in [0.15, 0.2) is 0 Å². The lowest BCUT2D eigenvalue weighted by Gasteiger charge is -2.07. The van der Waals surface area contributed by atoms with Gasteiger partial charge in [0.2, 0.25) is 0 Å². The first-order valence-corrected chi connectivity index (χ1v) is 4.26. The fourth-order valence-corrected chi connectivity index (χ4v) is 1.06. The average Bonchev–Trinajstić information content (AvgIpc) is 2.44. The van der Waals surface area contributed by atoms with Gasteiger partial charge < -0.3 is 4.74 Å². The Bertz CT molecular complexity index is 337. The standard InChI is InChI=1S/C8H12FN3O2/c1-4-14-8(13)7(9)12-6(3)10-5(2)11-12/h7H,4H2,1-3H3. The summed E-state index contributed by atoms with van der Waals surface area (Å²) in [5, 5.41) is 3.74. The summed E-state index contributed by atoms with van der Waals surface area (Å²) in [5.74, 6) is -0.169. The Kier molecular flexibility index (Phi) is 3.16. The SMILES string of the molecule is CCOC(=O)C(F)n1nc(C)nc1C. The Morgan fingerprint density at radius 3 is 2.71 bits per heavy atom. The Labute approximate surface area is 80.9 Å². The fourth-order valence-electron chi connectivity index (χ4n) is 1.06. The van der Waals surface area contributed by atoms with E-state index in [1.807, 2.05) is 0 Å². The van der Waals surface area contributed by atoms with Crippen LogP contribution >= 0.6 is 0 Å². The number of carbonyl (C=O) groups excluding carboxylic acids is 1. The molecular weight excluding hydrogens is 189 g/mol. The zero-order chi connectivity index (χ0) is 10.7. The predicted molar refractivity (Wildman–Crippen MR) is 46.3 cm³/mol. The molecule has 0 N–H and O–H groups in total. The molecule has 0 radical (unpaired) electrons. The van der Waals surface area contributed by atoms with Crippen molar-refractivity contribution in [3.63, 3.8) is 0 Å². The van der Waals surface area contributed by atoms with Crippen molar-refractivity contribution in [2.45, 2.75) is 27.1 Å². The van der Waals surface area contributed by atoms with Crippen LogP contribution in [0.3, 0.4) is 0 Å². The second-order valence-electron chi connectivity index (χ2n) is 2.74. The van der Waals surface area contributed by atoms with Crippen molar-refractivity contribution in [1.82, 2.24) is 14.8 Å². The van der Waals surface area contributed by atoms with Gasteiger partial charge in [-0.25, -0.2) is 18.9 Å². The van der Waals surface area contributed by atoms with E-state index in [2.05, 4.69) is 14.8 Å². The van der Waals surface area contributed by atoms with E-state index in [1.54, 1.807) is 20.8 Å². The monoisotopic (exact) mass is 201 g/mol. The van der Waals surface area contributed by atoms with Gasteiger partial charge in [-0.3, -0.25) is 0 Å². The van der Waals surface area contributed by atoms with E-state index in [4.69, 9.17) is 0 Å². The molecule has 0 amide bonds. The van der Waals surface area contributed by atoms with E-state index < -0.39 is 12.3 Å². The quantitative estimate of drug-likeness (QED) is 0.682. The molecule has 0 aliphatic heterocycles. The van der Waals surface area contributed by atoms with Crippen molar-refractivity contribution >= 4 is 5.97 Å². The van der Waals surface area contributed by atoms with E-state index in [-0.39, 0.29) is 6.61 Å². The number of esters is 1. The first-order chi connectivity index (χ1) is 6.56. The van der Waals surface area contributed by atoms with Gasteiger partial charge in [-0.15, -0.1) is 0 Å². The van der Waals surface area contributed by atoms with Gasteiger partial charge in [-0.1, -0.05) is 0 Å². The molecule has 1 rings (SSSR count). The first kappa shape index (κ1) is 10.6. The molecule has 14 heavy (non-hydrogen) atoms. The Morgan fingerprint density at radius 2 is 2.29 bits per heavy atom. The van der Waals surface area contributed by atoms with Crippen molar-refractivity contribution in [3.8, 4) is 0 Å². The summed E-state index contributed by atoms with van der Waals surface area (Å²) in [7, 11) is 0. The van der Waals surface area contributed by atoms with Crippen LogP contribution in [-0.2, 0) is 9.53 Å². The molecule has 0 aliphatic rings. The van der Waals surface area contributed by atoms with E-state index in [0.717, 1.165) is 4.68 Å². The van der Waals surface area contributed by atoms with Crippen molar-refractivity contribution in [2.75, 3.05) is 6.61 Å². The third kappa shape index (κ3) is 2.07. The lowest BCUT2D eigenvalue weighted by molar-refractivity contribution is -0.153. The summed E-state index contributed by atoms with van der Waals surface area (Å²) in [4.78, 5) is 14.9. The Balaban J connectivity index is 2.83. The lowest BCUT2D eigenvalue weighted by atomic mass is 10.5. The Morgan fingerprint density at radius 1 is 1.64 bits per heavy atom. The van der Waals surface area contributed by atoms with E-state index in [0.29, 0.717) is 11.6 Å². The number of aryl methyl sites for hydroxylation is 2. The van der Waals surface area contributed by atoms with Gasteiger partial charge in [-0.2, -0.15) is 5.10 Å². The molecule has 0 saturated heterocycles. The number of ether oxygens (including phenoxy) is 1. The van der Waals surface area contributed by atoms with E-state index >= 15 is 0 Å². The van der Waals surface area contributed by atoms with Gasteiger partial charge in [0.25, 0.3) is 6.30 Å². The second kappa shape index (κ2) is 4.17. The molecule has 1 aromatic heterocycles. The van der Waals surface area contributed by atoms with Crippen molar-refractivity contribution < 1.29 is 13.9 Å². The second-order valence-corrected chi connectivity index (χ2v) is 2.74. The molecule has 1 heterocycles. The van der Waals surface area contributed by atoms with Gasteiger partial charge in [0.05, 0.1) is 6.61 Å². The number of halogens is 1. The van der Waals surface area contributed by atoms with Crippen LogP contribution in [-0.4, -0.2) is 27.3 Å². The van der Waals surface area contributed by atoms with Gasteiger partial charge in [0.1, 0.15) is 11.6 Å². The van der Waals surface area contributed by atoms with Gasteiger partial charge >= 0.3 is 5.97 Å². The van der Waals surface area contributed by atoms with Gasteiger partial charge in [-0.05, 0) is 20.8 Å². The molecule has 1 aromatic rings. The maximum atomic E-state index is 13.4. The van der Waals surface area contributed by atoms with Crippen LogP contribution in [0.4, 0.5) is 4.39 Å². The van der Waals surface area contributed by atoms with Crippen LogP contribution in [0.15, 0.2) is 0 Å². The number of carbonyl (C=O) groups is 1. The number of nitrogens with zero attached hydrogens (tertiary/aromatic N) is 3. The zero-order valence-electron chi connectivity index (χ0n) is 8.32. The minimum atomic E-state index is -1.91. The maximum absolute atomic E-state index is 13.4.